The Labute approximate surface area is 127 Å². The Bertz CT molecular complexity index is 645. The zero-order chi connectivity index (χ0) is 15.0. The van der Waals surface area contributed by atoms with Crippen LogP contribution in [0.2, 0.25) is 0 Å². The number of hydrogen-bond acceptors (Lipinski definition) is 2. The summed E-state index contributed by atoms with van der Waals surface area (Å²) < 4.78 is 0. The SMILES string of the molecule is Cc1ccc2cc(C3CC(C)(C)CCC3CN)ccc2n1. The van der Waals surface area contributed by atoms with Crippen molar-refractivity contribution in [1.82, 2.24) is 4.98 Å². The number of pyridine rings is 1. The van der Waals surface area contributed by atoms with Gasteiger partial charge in [-0.2, -0.15) is 0 Å². The topological polar surface area (TPSA) is 38.9 Å². The summed E-state index contributed by atoms with van der Waals surface area (Å²) in [5.74, 6) is 1.21. The number of nitrogens with zero attached hydrogens (tertiary/aromatic N) is 1. The number of benzene rings is 1. The van der Waals surface area contributed by atoms with E-state index in [0.29, 0.717) is 17.3 Å². The van der Waals surface area contributed by atoms with Crippen molar-refractivity contribution in [2.45, 2.75) is 46.0 Å². The second-order valence-corrected chi connectivity index (χ2v) is 7.41. The summed E-state index contributed by atoms with van der Waals surface area (Å²) in [5, 5.41) is 1.25. The standard InChI is InChI=1S/C19H26N2/c1-13-4-5-15-10-14(6-7-18(15)21-13)17-11-19(2,3)9-8-16(17)12-20/h4-7,10,16-17H,8-9,11-12,20H2,1-3H3. The molecule has 2 aromatic rings. The largest absolute Gasteiger partial charge is 0.330 e. The lowest BCUT2D eigenvalue weighted by molar-refractivity contribution is 0.166. The second-order valence-electron chi connectivity index (χ2n) is 7.41. The van der Waals surface area contributed by atoms with Crippen molar-refractivity contribution in [2.24, 2.45) is 17.1 Å². The van der Waals surface area contributed by atoms with Crippen LogP contribution < -0.4 is 5.73 Å². The summed E-state index contributed by atoms with van der Waals surface area (Å²) in [7, 11) is 0. The van der Waals surface area contributed by atoms with Gasteiger partial charge in [-0.25, -0.2) is 0 Å². The molecule has 1 aromatic heterocycles. The van der Waals surface area contributed by atoms with Gasteiger partial charge in [-0.05, 0) is 73.7 Å². The maximum absolute atomic E-state index is 6.04. The number of aromatic nitrogens is 1. The van der Waals surface area contributed by atoms with Crippen LogP contribution in [0.15, 0.2) is 30.3 Å². The summed E-state index contributed by atoms with van der Waals surface area (Å²) >= 11 is 0. The molecule has 1 saturated carbocycles. The molecule has 3 rings (SSSR count). The zero-order valence-electron chi connectivity index (χ0n) is 13.4. The molecule has 0 amide bonds. The van der Waals surface area contributed by atoms with Crippen molar-refractivity contribution >= 4 is 10.9 Å². The van der Waals surface area contributed by atoms with Crippen LogP contribution >= 0.6 is 0 Å². The quantitative estimate of drug-likeness (QED) is 0.886. The predicted molar refractivity (Wildman–Crippen MR) is 89.4 cm³/mol. The first-order valence-electron chi connectivity index (χ1n) is 8.06. The molecule has 2 nitrogen and oxygen atoms in total. The smallest absolute Gasteiger partial charge is 0.0705 e. The Hall–Kier alpha value is -1.41. The van der Waals surface area contributed by atoms with E-state index in [1.54, 1.807) is 0 Å². The Balaban J connectivity index is 1.99. The fourth-order valence-electron chi connectivity index (χ4n) is 3.79. The van der Waals surface area contributed by atoms with E-state index in [-0.39, 0.29) is 0 Å². The van der Waals surface area contributed by atoms with Crippen LogP contribution in [0.1, 0.15) is 50.3 Å². The van der Waals surface area contributed by atoms with Gasteiger partial charge in [0.15, 0.2) is 0 Å². The average molecular weight is 282 g/mol. The van der Waals surface area contributed by atoms with E-state index in [0.717, 1.165) is 17.8 Å². The van der Waals surface area contributed by atoms with E-state index in [2.05, 4.69) is 49.2 Å². The van der Waals surface area contributed by atoms with E-state index in [1.807, 2.05) is 6.92 Å². The van der Waals surface area contributed by atoms with Crippen LogP contribution in [0, 0.1) is 18.3 Å². The lowest BCUT2D eigenvalue weighted by Gasteiger charge is -2.40. The monoisotopic (exact) mass is 282 g/mol. The molecule has 0 aliphatic heterocycles. The predicted octanol–water partition coefficient (Wildman–Crippen LogP) is 4.41. The molecule has 2 heteroatoms. The number of fused-ring (bicyclic) bond motifs is 1. The molecule has 1 heterocycles. The minimum absolute atomic E-state index is 0.427. The Morgan fingerprint density at radius 1 is 1.24 bits per heavy atom. The van der Waals surface area contributed by atoms with Crippen LogP contribution in [0.3, 0.4) is 0 Å². The minimum atomic E-state index is 0.427. The maximum atomic E-state index is 6.04. The Morgan fingerprint density at radius 2 is 2.05 bits per heavy atom. The third kappa shape index (κ3) is 2.96. The van der Waals surface area contributed by atoms with Gasteiger partial charge in [-0.1, -0.05) is 26.0 Å². The van der Waals surface area contributed by atoms with E-state index in [9.17, 15) is 0 Å². The Morgan fingerprint density at radius 3 is 2.81 bits per heavy atom. The van der Waals surface area contributed by atoms with Crippen molar-refractivity contribution in [1.29, 1.82) is 0 Å². The van der Waals surface area contributed by atoms with Gasteiger partial charge in [0.1, 0.15) is 0 Å². The first-order chi connectivity index (χ1) is 9.98. The van der Waals surface area contributed by atoms with Gasteiger partial charge in [0.05, 0.1) is 5.52 Å². The van der Waals surface area contributed by atoms with Gasteiger partial charge in [0, 0.05) is 11.1 Å². The van der Waals surface area contributed by atoms with Crippen LogP contribution in [-0.2, 0) is 0 Å². The summed E-state index contributed by atoms with van der Waals surface area (Å²) in [4.78, 5) is 4.60. The molecule has 2 N–H and O–H groups in total. The van der Waals surface area contributed by atoms with Crippen LogP contribution in [-0.4, -0.2) is 11.5 Å². The van der Waals surface area contributed by atoms with Crippen LogP contribution in [0.4, 0.5) is 0 Å². The number of aryl methyl sites for hydroxylation is 1. The van der Waals surface area contributed by atoms with E-state index < -0.39 is 0 Å². The fourth-order valence-corrected chi connectivity index (χ4v) is 3.79. The van der Waals surface area contributed by atoms with Crippen molar-refractivity contribution in [3.8, 4) is 0 Å². The molecule has 2 unspecified atom stereocenters. The van der Waals surface area contributed by atoms with Gasteiger partial charge in [0.25, 0.3) is 0 Å². The van der Waals surface area contributed by atoms with Gasteiger partial charge in [0.2, 0.25) is 0 Å². The van der Waals surface area contributed by atoms with Crippen LogP contribution in [0.25, 0.3) is 10.9 Å². The number of rotatable bonds is 2. The number of hydrogen-bond donors (Lipinski definition) is 1. The molecule has 0 bridgehead atoms. The highest BCUT2D eigenvalue weighted by atomic mass is 14.7. The molecule has 2 atom stereocenters. The van der Waals surface area contributed by atoms with Crippen LogP contribution in [0.5, 0.6) is 0 Å². The highest BCUT2D eigenvalue weighted by molar-refractivity contribution is 5.79. The van der Waals surface area contributed by atoms with Gasteiger partial charge >= 0.3 is 0 Å². The van der Waals surface area contributed by atoms with Crippen molar-refractivity contribution in [3.63, 3.8) is 0 Å². The molecule has 1 aromatic carbocycles. The normalized spacial score (nSPS) is 25.1. The zero-order valence-corrected chi connectivity index (χ0v) is 13.4. The molecule has 1 fully saturated rings. The molecule has 0 spiro atoms. The van der Waals surface area contributed by atoms with Gasteiger partial charge < -0.3 is 5.73 Å². The molecule has 21 heavy (non-hydrogen) atoms. The highest BCUT2D eigenvalue weighted by Crippen LogP contribution is 2.46. The number of nitrogens with two attached hydrogens (primary N) is 1. The average Bonchev–Trinajstić information content (AvgIpc) is 2.46. The van der Waals surface area contributed by atoms with Gasteiger partial charge in [-0.15, -0.1) is 0 Å². The third-order valence-electron chi connectivity index (χ3n) is 5.12. The molecule has 0 saturated heterocycles. The lowest BCUT2D eigenvalue weighted by atomic mass is 9.65. The molecular weight excluding hydrogens is 256 g/mol. The molecule has 0 radical (unpaired) electrons. The fraction of sp³-hybridized carbons (Fsp3) is 0.526. The first kappa shape index (κ1) is 14.5. The van der Waals surface area contributed by atoms with E-state index in [1.165, 1.54) is 30.2 Å². The third-order valence-corrected chi connectivity index (χ3v) is 5.12. The minimum Gasteiger partial charge on any atom is -0.330 e. The summed E-state index contributed by atoms with van der Waals surface area (Å²) in [6, 6.07) is 11.1. The summed E-state index contributed by atoms with van der Waals surface area (Å²) in [5.41, 5.74) is 10.1. The van der Waals surface area contributed by atoms with E-state index >= 15 is 0 Å². The van der Waals surface area contributed by atoms with E-state index in [4.69, 9.17) is 5.73 Å². The Kier molecular flexibility index (Phi) is 3.75. The molecule has 1 aliphatic rings. The lowest BCUT2D eigenvalue weighted by Crippen LogP contribution is -2.32. The molecule has 112 valence electrons. The van der Waals surface area contributed by atoms with Crippen molar-refractivity contribution in [2.75, 3.05) is 6.54 Å². The maximum Gasteiger partial charge on any atom is 0.0705 e. The first-order valence-corrected chi connectivity index (χ1v) is 8.06. The second kappa shape index (κ2) is 5.42. The highest BCUT2D eigenvalue weighted by Gasteiger charge is 2.34. The summed E-state index contributed by atoms with van der Waals surface area (Å²) in [6.45, 7) is 7.61. The summed E-state index contributed by atoms with van der Waals surface area (Å²) in [6.07, 6.45) is 3.78. The van der Waals surface area contributed by atoms with Crippen molar-refractivity contribution < 1.29 is 0 Å². The van der Waals surface area contributed by atoms with Crippen molar-refractivity contribution in [3.05, 3.63) is 41.6 Å². The molecule has 1 aliphatic carbocycles. The molecular formula is C19H26N2. The van der Waals surface area contributed by atoms with Gasteiger partial charge in [-0.3, -0.25) is 4.98 Å².